The molecule has 0 bridgehead atoms. The second-order valence-corrected chi connectivity index (χ2v) is 6.67. The van der Waals surface area contributed by atoms with Gasteiger partial charge in [-0.25, -0.2) is 0 Å². The Morgan fingerprint density at radius 1 is 1.21 bits per heavy atom. The molecular weight excluding hydrogens is 279 g/mol. The minimum Gasteiger partial charge on any atom is -0.329 e. The maximum atomic E-state index is 6.33. The third-order valence-electron chi connectivity index (χ3n) is 4.74. The molecule has 1 saturated heterocycles. The Bertz CT molecular complexity index is 451. The summed E-state index contributed by atoms with van der Waals surface area (Å²) in [6.07, 6.45) is 4.15. The maximum Gasteiger partial charge on any atom is 0.0485 e. The van der Waals surface area contributed by atoms with Gasteiger partial charge < -0.3 is 5.73 Å². The Kier molecular flexibility index (Phi) is 4.04. The van der Waals surface area contributed by atoms with Crippen LogP contribution in [0.2, 0.25) is 10.0 Å². The lowest BCUT2D eigenvalue weighted by molar-refractivity contribution is 0.232. The third-order valence-corrected chi connectivity index (χ3v) is 5.31. The highest BCUT2D eigenvalue weighted by Gasteiger charge is 2.39. The smallest absolute Gasteiger partial charge is 0.0485 e. The number of hydrogen-bond acceptors (Lipinski definition) is 2. The summed E-state index contributed by atoms with van der Waals surface area (Å²) in [6, 6.07) is 5.88. The van der Waals surface area contributed by atoms with Gasteiger partial charge in [0.15, 0.2) is 0 Å². The van der Waals surface area contributed by atoms with Crippen molar-refractivity contribution in [3.63, 3.8) is 0 Å². The van der Waals surface area contributed by atoms with Crippen LogP contribution in [0, 0.1) is 11.8 Å². The zero-order valence-corrected chi connectivity index (χ0v) is 12.5. The highest BCUT2D eigenvalue weighted by molar-refractivity contribution is 6.33. The van der Waals surface area contributed by atoms with E-state index in [9.17, 15) is 0 Å². The number of benzene rings is 1. The van der Waals surface area contributed by atoms with Crippen LogP contribution in [0.25, 0.3) is 0 Å². The van der Waals surface area contributed by atoms with E-state index in [0.29, 0.717) is 6.54 Å². The predicted octanol–water partition coefficient (Wildman–Crippen LogP) is 3.73. The molecule has 1 aromatic rings. The average molecular weight is 299 g/mol. The molecule has 0 radical (unpaired) electrons. The van der Waals surface area contributed by atoms with E-state index >= 15 is 0 Å². The predicted molar refractivity (Wildman–Crippen MR) is 80.7 cm³/mol. The fourth-order valence-electron chi connectivity index (χ4n) is 3.77. The van der Waals surface area contributed by atoms with Crippen LogP contribution in [-0.4, -0.2) is 24.5 Å². The highest BCUT2D eigenvalue weighted by atomic mass is 35.5. The molecule has 2 nitrogen and oxygen atoms in total. The minimum absolute atomic E-state index is 0.205. The molecule has 1 aromatic carbocycles. The lowest BCUT2D eigenvalue weighted by Gasteiger charge is -2.28. The van der Waals surface area contributed by atoms with Crippen LogP contribution in [-0.2, 0) is 0 Å². The summed E-state index contributed by atoms with van der Waals surface area (Å²) in [5, 5.41) is 1.51. The van der Waals surface area contributed by atoms with Crippen molar-refractivity contribution in [3.8, 4) is 0 Å². The van der Waals surface area contributed by atoms with Crippen molar-refractivity contribution in [2.75, 3.05) is 19.6 Å². The van der Waals surface area contributed by atoms with Crippen molar-refractivity contribution in [2.24, 2.45) is 17.6 Å². The number of halogens is 2. The summed E-state index contributed by atoms with van der Waals surface area (Å²) >= 11 is 12.4. The van der Waals surface area contributed by atoms with E-state index < -0.39 is 0 Å². The first-order chi connectivity index (χ1) is 9.19. The van der Waals surface area contributed by atoms with Crippen molar-refractivity contribution in [2.45, 2.75) is 25.3 Å². The van der Waals surface area contributed by atoms with Gasteiger partial charge in [-0.15, -0.1) is 0 Å². The van der Waals surface area contributed by atoms with Gasteiger partial charge in [0.1, 0.15) is 0 Å². The van der Waals surface area contributed by atoms with Crippen LogP contribution in [0.5, 0.6) is 0 Å². The number of fused-ring (bicyclic) bond motifs is 1. The van der Waals surface area contributed by atoms with E-state index in [2.05, 4.69) is 4.90 Å². The largest absolute Gasteiger partial charge is 0.329 e. The summed E-state index contributed by atoms with van der Waals surface area (Å²) in [4.78, 5) is 2.51. The van der Waals surface area contributed by atoms with Crippen molar-refractivity contribution in [3.05, 3.63) is 33.8 Å². The van der Waals surface area contributed by atoms with Gasteiger partial charge in [0, 0.05) is 35.7 Å². The molecule has 2 N–H and O–H groups in total. The first-order valence-corrected chi connectivity index (χ1v) is 7.83. The van der Waals surface area contributed by atoms with Gasteiger partial charge in [-0.05, 0) is 48.4 Å². The summed E-state index contributed by atoms with van der Waals surface area (Å²) in [7, 11) is 0. The number of rotatable bonds is 3. The molecule has 1 aliphatic carbocycles. The molecule has 1 heterocycles. The molecule has 3 rings (SSSR count). The lowest BCUT2D eigenvalue weighted by atomic mass is 10.0. The fraction of sp³-hybridized carbons (Fsp3) is 0.600. The zero-order chi connectivity index (χ0) is 13.4. The molecule has 0 spiro atoms. The normalized spacial score (nSPS) is 28.6. The quantitative estimate of drug-likeness (QED) is 0.921. The molecular formula is C15H20Cl2N2. The topological polar surface area (TPSA) is 29.3 Å². The average Bonchev–Trinajstić information content (AvgIpc) is 2.95. The highest BCUT2D eigenvalue weighted by Crippen LogP contribution is 2.41. The van der Waals surface area contributed by atoms with E-state index in [-0.39, 0.29) is 6.04 Å². The molecule has 0 aromatic heterocycles. The Labute approximate surface area is 124 Å². The van der Waals surface area contributed by atoms with Gasteiger partial charge in [-0.3, -0.25) is 4.90 Å². The lowest BCUT2D eigenvalue weighted by Crippen LogP contribution is -2.33. The van der Waals surface area contributed by atoms with E-state index in [4.69, 9.17) is 28.9 Å². The van der Waals surface area contributed by atoms with Crippen molar-refractivity contribution >= 4 is 23.2 Å². The summed E-state index contributed by atoms with van der Waals surface area (Å²) in [5.74, 6) is 1.74. The SMILES string of the molecule is NCC(c1cc(Cl)ccc1Cl)N1CC2CCCC2C1. The third kappa shape index (κ3) is 2.64. The van der Waals surface area contributed by atoms with Crippen LogP contribution in [0.3, 0.4) is 0 Å². The molecule has 0 amide bonds. The van der Waals surface area contributed by atoms with Crippen LogP contribution >= 0.6 is 23.2 Å². The van der Waals surface area contributed by atoms with Gasteiger partial charge in [-0.1, -0.05) is 29.6 Å². The zero-order valence-electron chi connectivity index (χ0n) is 11.0. The summed E-state index contributed by atoms with van der Waals surface area (Å²) in [6.45, 7) is 2.92. The van der Waals surface area contributed by atoms with Crippen molar-refractivity contribution in [1.29, 1.82) is 0 Å². The molecule has 4 heteroatoms. The second-order valence-electron chi connectivity index (χ2n) is 5.82. The van der Waals surface area contributed by atoms with E-state index in [1.165, 1.54) is 19.3 Å². The number of likely N-dealkylation sites (tertiary alicyclic amines) is 1. The molecule has 2 aliphatic rings. The number of nitrogens with two attached hydrogens (primary N) is 1. The Hall–Kier alpha value is -0.280. The number of hydrogen-bond donors (Lipinski definition) is 1. The standard InChI is InChI=1S/C15H20Cl2N2/c16-12-4-5-14(17)13(6-12)15(7-18)19-8-10-2-1-3-11(10)9-19/h4-6,10-11,15H,1-3,7-9,18H2. The fourth-order valence-corrected chi connectivity index (χ4v) is 4.19. The molecule has 3 unspecified atom stereocenters. The monoisotopic (exact) mass is 298 g/mol. The van der Waals surface area contributed by atoms with E-state index in [1.54, 1.807) is 0 Å². The summed E-state index contributed by atoms with van der Waals surface area (Å²) in [5.41, 5.74) is 7.09. The van der Waals surface area contributed by atoms with E-state index in [1.807, 2.05) is 18.2 Å². The second kappa shape index (κ2) is 5.61. The molecule has 1 saturated carbocycles. The van der Waals surface area contributed by atoms with Gasteiger partial charge in [0.05, 0.1) is 0 Å². The van der Waals surface area contributed by atoms with E-state index in [0.717, 1.165) is 40.5 Å². The maximum absolute atomic E-state index is 6.33. The van der Waals surface area contributed by atoms with Crippen molar-refractivity contribution < 1.29 is 0 Å². The minimum atomic E-state index is 0.205. The molecule has 19 heavy (non-hydrogen) atoms. The van der Waals surface area contributed by atoms with Gasteiger partial charge in [0.25, 0.3) is 0 Å². The van der Waals surface area contributed by atoms with Crippen LogP contribution < -0.4 is 5.73 Å². The number of nitrogens with zero attached hydrogens (tertiary/aromatic N) is 1. The first-order valence-electron chi connectivity index (χ1n) is 7.08. The Morgan fingerprint density at radius 3 is 2.53 bits per heavy atom. The molecule has 2 fully saturated rings. The van der Waals surface area contributed by atoms with Gasteiger partial charge >= 0.3 is 0 Å². The van der Waals surface area contributed by atoms with Crippen LogP contribution in [0.4, 0.5) is 0 Å². The summed E-state index contributed by atoms with van der Waals surface area (Å²) < 4.78 is 0. The first kappa shape index (κ1) is 13.7. The van der Waals surface area contributed by atoms with Crippen LogP contribution in [0.1, 0.15) is 30.9 Å². The van der Waals surface area contributed by atoms with Crippen molar-refractivity contribution in [1.82, 2.24) is 4.90 Å². The molecule has 3 atom stereocenters. The van der Waals surface area contributed by atoms with Gasteiger partial charge in [0.2, 0.25) is 0 Å². The Balaban J connectivity index is 1.83. The Morgan fingerprint density at radius 2 is 1.89 bits per heavy atom. The molecule has 1 aliphatic heterocycles. The van der Waals surface area contributed by atoms with Gasteiger partial charge in [-0.2, -0.15) is 0 Å². The van der Waals surface area contributed by atoms with Crippen LogP contribution in [0.15, 0.2) is 18.2 Å². The molecule has 104 valence electrons.